The monoisotopic (exact) mass is 219 g/mol. The zero-order valence-corrected chi connectivity index (χ0v) is 9.63. The van der Waals surface area contributed by atoms with Gasteiger partial charge in [-0.25, -0.2) is 0 Å². The van der Waals surface area contributed by atoms with Crippen LogP contribution in [0.1, 0.15) is 20.3 Å². The lowest BCUT2D eigenvalue weighted by Gasteiger charge is -2.20. The minimum absolute atomic E-state index is 0.0513. The van der Waals surface area contributed by atoms with Gasteiger partial charge in [-0.2, -0.15) is 11.8 Å². The van der Waals surface area contributed by atoms with Gasteiger partial charge in [0.1, 0.15) is 0 Å². The van der Waals surface area contributed by atoms with Gasteiger partial charge in [0.05, 0.1) is 12.2 Å². The predicted molar refractivity (Wildman–Crippen MR) is 57.5 cm³/mol. The van der Waals surface area contributed by atoms with Crippen LogP contribution in [0.15, 0.2) is 0 Å². The van der Waals surface area contributed by atoms with Gasteiger partial charge in [-0.3, -0.25) is 9.59 Å². The van der Waals surface area contributed by atoms with E-state index in [1.54, 1.807) is 11.9 Å². The molecule has 0 rings (SSSR count). The Kier molecular flexibility index (Phi) is 6.36. The molecule has 0 spiro atoms. The SMILES string of the molecule is CC(C)N(C)C(=O)CSCCC(=O)O. The topological polar surface area (TPSA) is 57.6 Å². The molecule has 1 N–H and O–H groups in total. The number of amides is 1. The van der Waals surface area contributed by atoms with Gasteiger partial charge < -0.3 is 10.0 Å². The number of hydrogen-bond acceptors (Lipinski definition) is 3. The van der Waals surface area contributed by atoms with Crippen LogP contribution in [0.25, 0.3) is 0 Å². The average Bonchev–Trinajstić information content (AvgIpc) is 2.10. The van der Waals surface area contributed by atoms with Crippen LogP contribution in [0.5, 0.6) is 0 Å². The van der Waals surface area contributed by atoms with Crippen molar-refractivity contribution in [2.24, 2.45) is 0 Å². The maximum Gasteiger partial charge on any atom is 0.304 e. The first kappa shape index (κ1) is 13.3. The van der Waals surface area contributed by atoms with Gasteiger partial charge in [0.25, 0.3) is 0 Å². The van der Waals surface area contributed by atoms with Crippen molar-refractivity contribution in [1.82, 2.24) is 4.90 Å². The highest BCUT2D eigenvalue weighted by molar-refractivity contribution is 7.99. The average molecular weight is 219 g/mol. The molecule has 5 heteroatoms. The van der Waals surface area contributed by atoms with Crippen LogP contribution >= 0.6 is 11.8 Å². The van der Waals surface area contributed by atoms with Crippen molar-refractivity contribution in [2.45, 2.75) is 26.3 Å². The number of thioether (sulfide) groups is 1. The van der Waals surface area contributed by atoms with Crippen molar-refractivity contribution in [1.29, 1.82) is 0 Å². The molecule has 0 aliphatic rings. The summed E-state index contributed by atoms with van der Waals surface area (Å²) in [5, 5.41) is 8.37. The molecule has 0 bridgehead atoms. The summed E-state index contributed by atoms with van der Waals surface area (Å²) < 4.78 is 0. The summed E-state index contributed by atoms with van der Waals surface area (Å²) in [4.78, 5) is 23.2. The molecule has 0 atom stereocenters. The fourth-order valence-electron chi connectivity index (χ4n) is 0.709. The Bertz CT molecular complexity index is 206. The van der Waals surface area contributed by atoms with E-state index in [9.17, 15) is 9.59 Å². The Hall–Kier alpha value is -0.710. The summed E-state index contributed by atoms with van der Waals surface area (Å²) in [5.74, 6) is 0.0900. The summed E-state index contributed by atoms with van der Waals surface area (Å²) in [7, 11) is 1.75. The van der Waals surface area contributed by atoms with Crippen LogP contribution in [-0.2, 0) is 9.59 Å². The fraction of sp³-hybridized carbons (Fsp3) is 0.778. The summed E-state index contributed by atoms with van der Waals surface area (Å²) in [6.07, 6.45) is 0.114. The van der Waals surface area contributed by atoms with Gasteiger partial charge in [0, 0.05) is 18.8 Å². The number of carboxylic acid groups (broad SMARTS) is 1. The van der Waals surface area contributed by atoms with E-state index in [-0.39, 0.29) is 18.4 Å². The van der Waals surface area contributed by atoms with Gasteiger partial charge in [0.15, 0.2) is 0 Å². The molecule has 0 radical (unpaired) electrons. The van der Waals surface area contributed by atoms with Gasteiger partial charge in [-0.1, -0.05) is 0 Å². The maximum atomic E-state index is 11.4. The molecule has 0 aliphatic heterocycles. The molecule has 0 aromatic heterocycles. The van der Waals surface area contributed by atoms with Gasteiger partial charge in [0.2, 0.25) is 5.91 Å². The van der Waals surface area contributed by atoms with Gasteiger partial charge in [-0.15, -0.1) is 0 Å². The summed E-state index contributed by atoms with van der Waals surface area (Å²) in [6, 6.07) is 0.197. The van der Waals surface area contributed by atoms with Crippen molar-refractivity contribution in [3.63, 3.8) is 0 Å². The summed E-state index contributed by atoms with van der Waals surface area (Å²) in [5.41, 5.74) is 0. The minimum Gasteiger partial charge on any atom is -0.481 e. The molecule has 4 nitrogen and oxygen atoms in total. The number of carbonyl (C=O) groups is 2. The number of carbonyl (C=O) groups excluding carboxylic acids is 1. The number of aliphatic carboxylic acids is 1. The largest absolute Gasteiger partial charge is 0.481 e. The molecule has 0 aromatic rings. The molecular formula is C9H17NO3S. The number of hydrogen-bond donors (Lipinski definition) is 1. The maximum absolute atomic E-state index is 11.4. The Balaban J connectivity index is 3.59. The summed E-state index contributed by atoms with van der Waals surface area (Å²) in [6.45, 7) is 3.89. The highest BCUT2D eigenvalue weighted by Crippen LogP contribution is 2.05. The smallest absolute Gasteiger partial charge is 0.304 e. The quantitative estimate of drug-likeness (QED) is 0.679. The fourth-order valence-corrected chi connectivity index (χ4v) is 1.55. The molecule has 0 saturated carbocycles. The standard InChI is InChI=1S/C9H17NO3S/c1-7(2)10(3)8(11)6-14-5-4-9(12)13/h7H,4-6H2,1-3H3,(H,12,13). The Morgan fingerprint density at radius 1 is 1.43 bits per heavy atom. The second-order valence-corrected chi connectivity index (χ2v) is 4.40. The lowest BCUT2D eigenvalue weighted by molar-refractivity contribution is -0.136. The van der Waals surface area contributed by atoms with E-state index in [4.69, 9.17) is 5.11 Å². The Morgan fingerprint density at radius 3 is 2.43 bits per heavy atom. The van der Waals surface area contributed by atoms with E-state index in [1.165, 1.54) is 11.8 Å². The second-order valence-electron chi connectivity index (χ2n) is 3.29. The Morgan fingerprint density at radius 2 is 2.00 bits per heavy atom. The van der Waals surface area contributed by atoms with E-state index in [1.807, 2.05) is 13.8 Å². The van der Waals surface area contributed by atoms with Gasteiger partial charge in [-0.05, 0) is 13.8 Å². The highest BCUT2D eigenvalue weighted by Gasteiger charge is 2.11. The van der Waals surface area contributed by atoms with Crippen molar-refractivity contribution < 1.29 is 14.7 Å². The van der Waals surface area contributed by atoms with Crippen molar-refractivity contribution in [3.05, 3.63) is 0 Å². The van der Waals surface area contributed by atoms with Crippen LogP contribution in [0, 0.1) is 0 Å². The zero-order chi connectivity index (χ0) is 11.1. The number of nitrogens with zero attached hydrogens (tertiary/aromatic N) is 1. The van der Waals surface area contributed by atoms with Crippen LogP contribution in [-0.4, -0.2) is 46.5 Å². The predicted octanol–water partition coefficient (Wildman–Crippen LogP) is 1.06. The molecule has 0 aromatic carbocycles. The van der Waals surface area contributed by atoms with Crippen molar-refractivity contribution in [2.75, 3.05) is 18.6 Å². The lowest BCUT2D eigenvalue weighted by atomic mass is 10.3. The van der Waals surface area contributed by atoms with Gasteiger partial charge >= 0.3 is 5.97 Å². The van der Waals surface area contributed by atoms with Crippen LogP contribution in [0.3, 0.4) is 0 Å². The van der Waals surface area contributed by atoms with E-state index in [0.29, 0.717) is 11.5 Å². The molecule has 0 heterocycles. The third kappa shape index (κ3) is 5.85. The molecule has 82 valence electrons. The first-order valence-electron chi connectivity index (χ1n) is 4.50. The number of rotatable bonds is 6. The third-order valence-corrected chi connectivity index (χ3v) is 2.80. The van der Waals surface area contributed by atoms with E-state index < -0.39 is 5.97 Å². The molecule has 0 unspecified atom stereocenters. The van der Waals surface area contributed by atoms with Crippen LogP contribution in [0.4, 0.5) is 0 Å². The molecule has 14 heavy (non-hydrogen) atoms. The molecule has 1 amide bonds. The van der Waals surface area contributed by atoms with Crippen LogP contribution < -0.4 is 0 Å². The van der Waals surface area contributed by atoms with Crippen molar-refractivity contribution >= 4 is 23.6 Å². The highest BCUT2D eigenvalue weighted by atomic mass is 32.2. The van der Waals surface area contributed by atoms with E-state index in [2.05, 4.69) is 0 Å². The summed E-state index contributed by atoms with van der Waals surface area (Å²) >= 11 is 1.36. The molecular weight excluding hydrogens is 202 g/mol. The second kappa shape index (κ2) is 6.70. The Labute approximate surface area is 88.7 Å². The molecule has 0 aliphatic carbocycles. The lowest BCUT2D eigenvalue weighted by Crippen LogP contribution is -2.34. The van der Waals surface area contributed by atoms with Crippen molar-refractivity contribution in [3.8, 4) is 0 Å². The minimum atomic E-state index is -0.817. The van der Waals surface area contributed by atoms with E-state index in [0.717, 1.165) is 0 Å². The first-order chi connectivity index (χ1) is 6.45. The first-order valence-corrected chi connectivity index (χ1v) is 5.65. The normalized spacial score (nSPS) is 10.3. The third-order valence-electron chi connectivity index (χ3n) is 1.85. The molecule has 0 fully saturated rings. The molecule has 0 saturated heterocycles. The van der Waals surface area contributed by atoms with E-state index >= 15 is 0 Å². The zero-order valence-electron chi connectivity index (χ0n) is 8.82. The van der Waals surface area contributed by atoms with Crippen LogP contribution in [0.2, 0.25) is 0 Å². The number of carboxylic acids is 1.